The number of nitrogens with zero attached hydrogens (tertiary/aromatic N) is 1. The van der Waals surface area contributed by atoms with Gasteiger partial charge in [-0.2, -0.15) is 0 Å². The minimum absolute atomic E-state index is 0.161. The summed E-state index contributed by atoms with van der Waals surface area (Å²) in [6.07, 6.45) is 1.44. The van der Waals surface area contributed by atoms with E-state index in [-0.39, 0.29) is 12.4 Å². The average Bonchev–Trinajstić information content (AvgIpc) is 2.32. The highest BCUT2D eigenvalue weighted by molar-refractivity contribution is 6.32. The molecule has 0 saturated carbocycles. The smallest absolute Gasteiger partial charge is 0.166 e. The van der Waals surface area contributed by atoms with Gasteiger partial charge in [0.1, 0.15) is 20.3 Å². The summed E-state index contributed by atoms with van der Waals surface area (Å²) in [5.41, 5.74) is 6.73. The average molecular weight is 262 g/mol. The van der Waals surface area contributed by atoms with E-state index < -0.39 is 5.82 Å². The van der Waals surface area contributed by atoms with Crippen molar-refractivity contribution in [3.05, 3.63) is 46.9 Å². The molecule has 2 rings (SSSR count). The van der Waals surface area contributed by atoms with Gasteiger partial charge in [-0.1, -0.05) is 23.1 Å². The molecule has 0 unspecified atom stereocenters. The lowest BCUT2D eigenvalue weighted by Gasteiger charge is -2.10. The molecule has 2 N–H and O–H groups in total. The van der Waals surface area contributed by atoms with Crippen LogP contribution in [0.15, 0.2) is 30.5 Å². The van der Waals surface area contributed by atoms with Crippen LogP contribution in [0.25, 0.3) is 0 Å². The van der Waals surface area contributed by atoms with Gasteiger partial charge in [-0.25, -0.2) is 9.37 Å². The van der Waals surface area contributed by atoms with Crippen LogP contribution in [0.3, 0.4) is 0 Å². The van der Waals surface area contributed by atoms with Gasteiger partial charge in [-0.05, 0) is 18.2 Å². The molecule has 1 heterocycles. The van der Waals surface area contributed by atoms with Crippen LogP contribution in [0.5, 0.6) is 5.75 Å². The summed E-state index contributed by atoms with van der Waals surface area (Å²) in [5.74, 6) is 0.215. The molecule has 1 aromatic carbocycles. The van der Waals surface area contributed by atoms with E-state index in [0.717, 1.165) is 0 Å². The molecule has 0 spiro atoms. The van der Waals surface area contributed by atoms with E-state index in [1.807, 2.05) is 0 Å². The zero-order chi connectivity index (χ0) is 13.1. The zero-order valence-corrected chi connectivity index (χ0v) is 10.1. The van der Waals surface area contributed by atoms with E-state index >= 15 is 0 Å². The summed E-state index contributed by atoms with van der Waals surface area (Å²) < 4.78 is 18.3. The van der Waals surface area contributed by atoms with Gasteiger partial charge in [0.05, 0.1) is 5.02 Å². The van der Waals surface area contributed by atoms with Gasteiger partial charge in [0, 0.05) is 11.8 Å². The molecule has 0 atom stereocenters. The summed E-state index contributed by atoms with van der Waals surface area (Å²) in [4.78, 5) is 3.86. The summed E-state index contributed by atoms with van der Waals surface area (Å²) in [5, 5.41) is 0.297. The molecule has 3 nitrogen and oxygen atoms in total. The van der Waals surface area contributed by atoms with E-state index in [1.54, 1.807) is 12.1 Å². The van der Waals surface area contributed by atoms with Crippen molar-refractivity contribution < 1.29 is 9.13 Å². The van der Waals surface area contributed by atoms with E-state index in [1.165, 1.54) is 18.3 Å². The molecule has 90 valence electrons. The Balaban J connectivity index is 2.13. The Hall–Kier alpha value is -1.75. The minimum Gasteiger partial charge on any atom is -0.485 e. The third kappa shape index (κ3) is 2.93. The first kappa shape index (κ1) is 12.7. The molecule has 0 aliphatic carbocycles. The van der Waals surface area contributed by atoms with Gasteiger partial charge >= 0.3 is 0 Å². The Morgan fingerprint density at radius 1 is 1.39 bits per heavy atom. The Bertz CT molecular complexity index is 580. The lowest BCUT2D eigenvalue weighted by Crippen LogP contribution is -2.08. The maximum Gasteiger partial charge on any atom is 0.166 e. The molecule has 0 bridgehead atoms. The Labute approximate surface area is 110 Å². The SMILES string of the molecule is [B]c1cnc(N)c(OCc2ccc(F)cc2Cl)c1. The highest BCUT2D eigenvalue weighted by Crippen LogP contribution is 2.21. The first-order chi connectivity index (χ1) is 8.56. The van der Waals surface area contributed by atoms with Gasteiger partial charge in [0.15, 0.2) is 11.6 Å². The van der Waals surface area contributed by atoms with Gasteiger partial charge in [-0.3, -0.25) is 0 Å². The molecule has 18 heavy (non-hydrogen) atoms. The van der Waals surface area contributed by atoms with Crippen molar-refractivity contribution in [3.8, 4) is 5.75 Å². The molecular weight excluding hydrogens is 253 g/mol. The van der Waals surface area contributed by atoms with E-state index in [4.69, 9.17) is 29.9 Å². The van der Waals surface area contributed by atoms with E-state index in [2.05, 4.69) is 4.98 Å². The largest absolute Gasteiger partial charge is 0.485 e. The lowest BCUT2D eigenvalue weighted by molar-refractivity contribution is 0.307. The van der Waals surface area contributed by atoms with E-state index in [9.17, 15) is 4.39 Å². The number of pyridine rings is 1. The second-order valence-corrected chi connectivity index (χ2v) is 4.08. The number of hydrogen-bond acceptors (Lipinski definition) is 3. The van der Waals surface area contributed by atoms with Crippen LogP contribution in [-0.2, 0) is 6.61 Å². The van der Waals surface area contributed by atoms with Crippen LogP contribution < -0.4 is 15.9 Å². The second-order valence-electron chi connectivity index (χ2n) is 3.68. The van der Waals surface area contributed by atoms with Gasteiger partial charge in [0.25, 0.3) is 0 Å². The monoisotopic (exact) mass is 262 g/mol. The van der Waals surface area contributed by atoms with Crippen LogP contribution >= 0.6 is 11.6 Å². The topological polar surface area (TPSA) is 48.1 Å². The molecule has 0 fully saturated rings. The predicted octanol–water partition coefficient (Wildman–Crippen LogP) is 1.83. The molecular formula is C12H9BClFN2O. The first-order valence-corrected chi connectivity index (χ1v) is 5.52. The summed E-state index contributed by atoms with van der Waals surface area (Å²) in [7, 11) is 5.57. The van der Waals surface area contributed by atoms with Crippen LogP contribution in [0.1, 0.15) is 5.56 Å². The number of nitrogens with two attached hydrogens (primary N) is 1. The van der Waals surface area contributed by atoms with Crippen LogP contribution in [0, 0.1) is 5.82 Å². The normalized spacial score (nSPS) is 10.3. The Morgan fingerprint density at radius 2 is 2.17 bits per heavy atom. The Kier molecular flexibility index (Phi) is 3.72. The molecule has 2 radical (unpaired) electrons. The second kappa shape index (κ2) is 5.27. The zero-order valence-electron chi connectivity index (χ0n) is 9.36. The van der Waals surface area contributed by atoms with Crippen molar-refractivity contribution >= 4 is 30.7 Å². The number of ether oxygens (including phenoxy) is 1. The predicted molar refractivity (Wildman–Crippen MR) is 69.8 cm³/mol. The van der Waals surface area contributed by atoms with Gasteiger partial charge in [0.2, 0.25) is 0 Å². The molecule has 0 aliphatic heterocycles. The maximum atomic E-state index is 12.9. The summed E-state index contributed by atoms with van der Waals surface area (Å²) >= 11 is 5.88. The summed E-state index contributed by atoms with van der Waals surface area (Å²) in [6, 6.07) is 5.65. The summed E-state index contributed by atoms with van der Waals surface area (Å²) in [6.45, 7) is 0.161. The highest BCUT2D eigenvalue weighted by atomic mass is 35.5. The lowest BCUT2D eigenvalue weighted by atomic mass is 9.99. The standard InChI is InChI=1S/C12H9BClFN2O/c13-8-3-11(12(16)17-5-8)18-6-7-1-2-9(15)4-10(7)14/h1-5H,6H2,(H2,16,17). The van der Waals surface area contributed by atoms with Crippen LogP contribution in [-0.4, -0.2) is 12.8 Å². The molecule has 1 aromatic heterocycles. The fourth-order valence-corrected chi connectivity index (χ4v) is 1.60. The molecule has 0 saturated heterocycles. The molecule has 6 heteroatoms. The van der Waals surface area contributed by atoms with Crippen molar-refractivity contribution in [1.82, 2.24) is 4.98 Å². The molecule has 0 amide bonds. The van der Waals surface area contributed by atoms with Crippen LogP contribution in [0.4, 0.5) is 10.2 Å². The van der Waals surface area contributed by atoms with Crippen molar-refractivity contribution in [3.63, 3.8) is 0 Å². The maximum absolute atomic E-state index is 12.9. The number of anilines is 1. The number of aromatic nitrogens is 1. The third-order valence-electron chi connectivity index (χ3n) is 2.30. The number of halogens is 2. The fourth-order valence-electron chi connectivity index (χ4n) is 1.38. The van der Waals surface area contributed by atoms with Crippen LogP contribution in [0.2, 0.25) is 5.02 Å². The third-order valence-corrected chi connectivity index (χ3v) is 2.65. The fraction of sp³-hybridized carbons (Fsp3) is 0.0833. The van der Waals surface area contributed by atoms with Crippen molar-refractivity contribution in [2.75, 3.05) is 5.73 Å². The molecule has 2 aromatic rings. The van der Waals surface area contributed by atoms with Gasteiger partial charge in [-0.15, -0.1) is 0 Å². The number of hydrogen-bond donors (Lipinski definition) is 1. The highest BCUT2D eigenvalue weighted by Gasteiger charge is 2.06. The first-order valence-electron chi connectivity index (χ1n) is 5.14. The number of nitrogen functional groups attached to an aromatic ring is 1. The minimum atomic E-state index is -0.395. The Morgan fingerprint density at radius 3 is 2.89 bits per heavy atom. The van der Waals surface area contributed by atoms with Crippen molar-refractivity contribution in [1.29, 1.82) is 0 Å². The molecule has 0 aliphatic rings. The van der Waals surface area contributed by atoms with Gasteiger partial charge < -0.3 is 10.5 Å². The number of benzene rings is 1. The quantitative estimate of drug-likeness (QED) is 0.859. The van der Waals surface area contributed by atoms with Crippen molar-refractivity contribution in [2.45, 2.75) is 6.61 Å². The van der Waals surface area contributed by atoms with E-state index in [0.29, 0.717) is 21.8 Å². The number of rotatable bonds is 3. The van der Waals surface area contributed by atoms with Crippen molar-refractivity contribution in [2.24, 2.45) is 0 Å².